The van der Waals surface area contributed by atoms with Crippen molar-refractivity contribution in [3.8, 4) is 0 Å². The summed E-state index contributed by atoms with van der Waals surface area (Å²) in [6.45, 7) is 7.47. The fourth-order valence-electron chi connectivity index (χ4n) is 0.710. The fourth-order valence-corrected chi connectivity index (χ4v) is 1.55. The molecule has 1 aromatic rings. The van der Waals surface area contributed by atoms with Crippen LogP contribution in [0.15, 0.2) is 8.92 Å². The summed E-state index contributed by atoms with van der Waals surface area (Å²) < 4.78 is 21.1. The Morgan fingerprint density at radius 3 is 2.53 bits per heavy atom. The molecular formula is C9H13IN2O2S. The van der Waals surface area contributed by atoms with Crippen molar-refractivity contribution in [2.24, 2.45) is 4.40 Å². The smallest absolute Gasteiger partial charge is 0.192 e. The number of nitrogens with zero attached hydrogens (tertiary/aromatic N) is 2. The largest absolute Gasteiger partial charge is 0.354 e. The van der Waals surface area contributed by atoms with Gasteiger partial charge in [0.25, 0.3) is 0 Å². The maximum absolute atomic E-state index is 11.6. The molecule has 6 heteroatoms. The minimum atomic E-state index is -1.26. The van der Waals surface area contributed by atoms with E-state index < -0.39 is 11.0 Å². The lowest BCUT2D eigenvalue weighted by atomic mass is 10.3. The molecule has 0 saturated heterocycles. The predicted octanol–water partition coefficient (Wildman–Crippen LogP) is 2.47. The second-order valence-electron chi connectivity index (χ2n) is 4.04. The average Bonchev–Trinajstić information content (AvgIpc) is 2.43. The summed E-state index contributed by atoms with van der Waals surface area (Å²) in [5.74, 6) is 0.561. The fraction of sp³-hybridized carbons (Fsp3) is 0.556. The Morgan fingerprint density at radius 1 is 1.53 bits per heavy atom. The van der Waals surface area contributed by atoms with Gasteiger partial charge < -0.3 is 4.52 Å². The molecule has 15 heavy (non-hydrogen) atoms. The maximum Gasteiger partial charge on any atom is 0.192 e. The van der Waals surface area contributed by atoms with Gasteiger partial charge in [-0.25, -0.2) is 4.21 Å². The molecule has 0 aliphatic carbocycles. The zero-order valence-corrected chi connectivity index (χ0v) is 12.0. The monoisotopic (exact) mass is 340 g/mol. The van der Waals surface area contributed by atoms with Gasteiger partial charge in [0.2, 0.25) is 0 Å². The van der Waals surface area contributed by atoms with E-state index in [1.54, 1.807) is 0 Å². The Hall–Kier alpha value is -0.240. The first-order chi connectivity index (χ1) is 6.82. The number of aryl methyl sites for hydroxylation is 1. The van der Waals surface area contributed by atoms with Crippen molar-refractivity contribution < 1.29 is 8.73 Å². The van der Waals surface area contributed by atoms with Crippen molar-refractivity contribution in [1.29, 1.82) is 0 Å². The molecule has 0 aliphatic heterocycles. The van der Waals surface area contributed by atoms with E-state index in [2.05, 4.69) is 32.1 Å². The first kappa shape index (κ1) is 12.8. The highest BCUT2D eigenvalue weighted by Crippen LogP contribution is 2.16. The van der Waals surface area contributed by atoms with Crippen molar-refractivity contribution in [3.05, 3.63) is 15.0 Å². The molecule has 0 aromatic carbocycles. The van der Waals surface area contributed by atoms with E-state index in [1.165, 1.54) is 6.21 Å². The number of aromatic nitrogens is 1. The van der Waals surface area contributed by atoms with Gasteiger partial charge in [-0.1, -0.05) is 5.16 Å². The standard InChI is InChI=1S/C9H13IN2O2S/c1-6-8(10)7(14-12-6)5-11-15(13)9(2,3)4/h5H,1-4H3/b11-5+/t15-/m0/s1. The summed E-state index contributed by atoms with van der Waals surface area (Å²) in [5.41, 5.74) is 0.818. The van der Waals surface area contributed by atoms with Crippen LogP contribution in [0.2, 0.25) is 0 Å². The van der Waals surface area contributed by atoms with Crippen molar-refractivity contribution in [3.63, 3.8) is 0 Å². The van der Waals surface area contributed by atoms with E-state index in [9.17, 15) is 4.21 Å². The molecule has 4 nitrogen and oxygen atoms in total. The van der Waals surface area contributed by atoms with Gasteiger partial charge >= 0.3 is 0 Å². The second kappa shape index (κ2) is 4.73. The molecule has 0 amide bonds. The van der Waals surface area contributed by atoms with Crippen molar-refractivity contribution in [2.75, 3.05) is 0 Å². The van der Waals surface area contributed by atoms with Crippen LogP contribution in [0.5, 0.6) is 0 Å². The zero-order chi connectivity index (χ0) is 11.6. The molecule has 0 saturated carbocycles. The summed E-state index contributed by atoms with van der Waals surface area (Å²) in [6.07, 6.45) is 1.48. The SMILES string of the molecule is Cc1noc(/C=N/[S@@](=O)C(C)(C)C)c1I. The molecule has 84 valence electrons. The molecule has 1 atom stereocenters. The highest BCUT2D eigenvalue weighted by molar-refractivity contribution is 14.1. The molecule has 0 spiro atoms. The lowest BCUT2D eigenvalue weighted by molar-refractivity contribution is 0.410. The molecule has 0 unspecified atom stereocenters. The van der Waals surface area contributed by atoms with Crippen LogP contribution < -0.4 is 0 Å². The lowest BCUT2D eigenvalue weighted by Crippen LogP contribution is -2.19. The zero-order valence-electron chi connectivity index (χ0n) is 9.07. The number of hydrogen-bond donors (Lipinski definition) is 0. The number of halogens is 1. The van der Waals surface area contributed by atoms with Gasteiger partial charge in [0.15, 0.2) is 5.76 Å². The Kier molecular flexibility index (Phi) is 4.05. The van der Waals surface area contributed by atoms with Crippen LogP contribution in [-0.2, 0) is 11.0 Å². The van der Waals surface area contributed by atoms with Gasteiger partial charge in [-0.3, -0.25) is 0 Å². The van der Waals surface area contributed by atoms with Crippen LogP contribution >= 0.6 is 22.6 Å². The molecule has 1 rings (SSSR count). The van der Waals surface area contributed by atoms with E-state index >= 15 is 0 Å². The quantitative estimate of drug-likeness (QED) is 0.614. The summed E-state index contributed by atoms with van der Waals surface area (Å²) in [7, 11) is -1.26. The van der Waals surface area contributed by atoms with Crippen LogP contribution in [0.3, 0.4) is 0 Å². The molecule has 0 aliphatic rings. The third kappa shape index (κ3) is 3.37. The molecule has 0 fully saturated rings. The van der Waals surface area contributed by atoms with Gasteiger partial charge in [-0.05, 0) is 50.3 Å². The van der Waals surface area contributed by atoms with E-state index in [-0.39, 0.29) is 4.75 Å². The third-order valence-electron chi connectivity index (χ3n) is 1.60. The molecule has 0 bridgehead atoms. The molecule has 0 N–H and O–H groups in total. The van der Waals surface area contributed by atoms with E-state index in [4.69, 9.17) is 4.52 Å². The van der Waals surface area contributed by atoms with E-state index in [0.717, 1.165) is 9.26 Å². The summed E-state index contributed by atoms with van der Waals surface area (Å²) in [4.78, 5) is 0. The Bertz CT molecular complexity index is 407. The molecule has 0 radical (unpaired) electrons. The summed E-state index contributed by atoms with van der Waals surface area (Å²) in [5, 5.41) is 3.78. The highest BCUT2D eigenvalue weighted by atomic mass is 127. The minimum absolute atomic E-state index is 0.350. The van der Waals surface area contributed by atoms with Crippen LogP contribution in [0.1, 0.15) is 32.2 Å². The Morgan fingerprint density at radius 2 is 2.13 bits per heavy atom. The van der Waals surface area contributed by atoms with Crippen LogP contribution in [0.4, 0.5) is 0 Å². The number of rotatable bonds is 2. The Balaban J connectivity index is 2.83. The van der Waals surface area contributed by atoms with Gasteiger partial charge in [-0.2, -0.15) is 4.40 Å². The molecule has 1 heterocycles. The Labute approximate surface area is 105 Å². The first-order valence-corrected chi connectivity index (χ1v) is 6.59. The summed E-state index contributed by atoms with van der Waals surface area (Å²) >= 11 is 2.12. The first-order valence-electron chi connectivity index (χ1n) is 4.40. The van der Waals surface area contributed by atoms with Crippen molar-refractivity contribution >= 4 is 39.8 Å². The van der Waals surface area contributed by atoms with Crippen LogP contribution in [0, 0.1) is 10.5 Å². The summed E-state index contributed by atoms with van der Waals surface area (Å²) in [6, 6.07) is 0. The van der Waals surface area contributed by atoms with Crippen LogP contribution in [-0.4, -0.2) is 20.3 Å². The third-order valence-corrected chi connectivity index (χ3v) is 4.26. The van der Waals surface area contributed by atoms with Crippen molar-refractivity contribution in [2.45, 2.75) is 32.4 Å². The minimum Gasteiger partial charge on any atom is -0.354 e. The molecular weight excluding hydrogens is 327 g/mol. The average molecular weight is 340 g/mol. The van der Waals surface area contributed by atoms with E-state index in [1.807, 2.05) is 27.7 Å². The van der Waals surface area contributed by atoms with Gasteiger partial charge in [0, 0.05) is 0 Å². The van der Waals surface area contributed by atoms with Crippen LogP contribution in [0.25, 0.3) is 0 Å². The number of hydrogen-bond acceptors (Lipinski definition) is 3. The van der Waals surface area contributed by atoms with Crippen molar-refractivity contribution in [1.82, 2.24) is 5.16 Å². The van der Waals surface area contributed by atoms with Gasteiger partial charge in [0.1, 0.15) is 11.0 Å². The topological polar surface area (TPSA) is 55.5 Å². The highest BCUT2D eigenvalue weighted by Gasteiger charge is 2.18. The van der Waals surface area contributed by atoms with Gasteiger partial charge in [-0.15, -0.1) is 0 Å². The van der Waals surface area contributed by atoms with E-state index in [0.29, 0.717) is 5.76 Å². The van der Waals surface area contributed by atoms with Gasteiger partial charge in [0.05, 0.1) is 20.2 Å². The predicted molar refractivity (Wildman–Crippen MR) is 69.4 cm³/mol. The molecule has 1 aromatic heterocycles. The lowest BCUT2D eigenvalue weighted by Gasteiger charge is -2.12. The normalized spacial score (nSPS) is 14.7. The second-order valence-corrected chi connectivity index (χ2v) is 7.05. The maximum atomic E-state index is 11.6.